The molecule has 0 spiro atoms. The van der Waals surface area contributed by atoms with E-state index >= 15 is 0 Å². The number of rotatable bonds is 2. The van der Waals surface area contributed by atoms with Gasteiger partial charge in [0.05, 0.1) is 0 Å². The van der Waals surface area contributed by atoms with Crippen molar-refractivity contribution in [3.63, 3.8) is 0 Å². The average Bonchev–Trinajstić information content (AvgIpc) is 2.85. The molecule has 0 bridgehead atoms. The third kappa shape index (κ3) is 2.80. The van der Waals surface area contributed by atoms with Crippen LogP contribution in [0.5, 0.6) is 5.75 Å². The molecule has 0 saturated heterocycles. The van der Waals surface area contributed by atoms with Crippen LogP contribution in [-0.2, 0) is 4.31 Å². The van der Waals surface area contributed by atoms with Crippen LogP contribution in [0, 0.1) is 0 Å². The van der Waals surface area contributed by atoms with Gasteiger partial charge in [-0.3, -0.25) is 0 Å². The number of benzene rings is 1. The van der Waals surface area contributed by atoms with Crippen molar-refractivity contribution >= 4 is 19.4 Å². The molecule has 1 aliphatic heterocycles. The van der Waals surface area contributed by atoms with Crippen LogP contribution in [-0.4, -0.2) is 37.7 Å². The first-order valence-corrected chi connectivity index (χ1v) is 8.04. The van der Waals surface area contributed by atoms with Gasteiger partial charge < -0.3 is 0 Å². The van der Waals surface area contributed by atoms with Gasteiger partial charge >= 0.3 is 125 Å². The van der Waals surface area contributed by atoms with Crippen LogP contribution in [0.15, 0.2) is 24.5 Å². The Morgan fingerprint density at radius 3 is 2.81 bits per heavy atom. The van der Waals surface area contributed by atoms with Crippen LogP contribution in [0.4, 0.5) is 13.2 Å². The maximum absolute atomic E-state index is 12.2. The Labute approximate surface area is 126 Å². The van der Waals surface area contributed by atoms with Crippen molar-refractivity contribution in [3.8, 4) is 17.0 Å². The van der Waals surface area contributed by atoms with E-state index in [1.165, 1.54) is 0 Å². The monoisotopic (exact) mass is 362 g/mol. The van der Waals surface area contributed by atoms with Gasteiger partial charge in [0.15, 0.2) is 0 Å². The summed E-state index contributed by atoms with van der Waals surface area (Å²) in [6.45, 7) is 2.95. The van der Waals surface area contributed by atoms with E-state index in [-0.39, 0.29) is 25.0 Å². The molecule has 7 heteroatoms. The van der Waals surface area contributed by atoms with Crippen molar-refractivity contribution in [1.82, 2.24) is 9.97 Å². The molecule has 21 heavy (non-hydrogen) atoms. The summed E-state index contributed by atoms with van der Waals surface area (Å²) in [5, 5.41) is 0. The van der Waals surface area contributed by atoms with E-state index in [1.54, 1.807) is 24.5 Å². The number of nitrogens with zero attached hydrogens (tertiary/aromatic N) is 1. The molecule has 1 aliphatic rings. The number of aromatic amines is 1. The fourth-order valence-electron chi connectivity index (χ4n) is 2.32. The quantitative estimate of drug-likeness (QED) is 0.836. The number of halogens is 3. The summed E-state index contributed by atoms with van der Waals surface area (Å²) in [7, 11) is 0. The molecular weight excluding hydrogens is 348 g/mol. The Morgan fingerprint density at radius 2 is 2.10 bits per heavy atom. The molecule has 3 nitrogen and oxygen atoms in total. The number of fused-ring (bicyclic) bond motifs is 3. The molecule has 112 valence electrons. The van der Waals surface area contributed by atoms with Crippen LogP contribution < -0.4 is 9.20 Å². The van der Waals surface area contributed by atoms with E-state index in [0.717, 1.165) is 21.4 Å². The molecule has 3 rings (SSSR count). The van der Waals surface area contributed by atoms with E-state index in [4.69, 9.17) is 4.74 Å². The van der Waals surface area contributed by atoms with Gasteiger partial charge in [-0.2, -0.15) is 0 Å². The van der Waals surface area contributed by atoms with Gasteiger partial charge in [-0.25, -0.2) is 0 Å². The summed E-state index contributed by atoms with van der Waals surface area (Å²) in [6.07, 6.45) is -2.67. The minimum atomic E-state index is -4.32. The normalized spacial score (nSPS) is 16.2. The first-order chi connectivity index (χ1) is 9.76. The zero-order valence-corrected chi connectivity index (χ0v) is 13.1. The zero-order chi connectivity index (χ0) is 15.3. The molecule has 1 aromatic heterocycles. The van der Waals surface area contributed by atoms with E-state index in [9.17, 15) is 13.2 Å². The topological polar surface area (TPSA) is 37.9 Å². The molecule has 0 amide bonds. The summed E-state index contributed by atoms with van der Waals surface area (Å²) >= 11 is 0.0828. The number of H-pyrrole nitrogens is 1. The number of nitrogens with one attached hydrogen (secondary N) is 1. The first kappa shape index (κ1) is 14.5. The molecule has 0 unspecified atom stereocenters. The Morgan fingerprint density at radius 1 is 1.33 bits per heavy atom. The Kier molecular flexibility index (Phi) is 3.30. The number of hydrogen-bond donors (Lipinski definition) is 1. The predicted octanol–water partition coefficient (Wildman–Crippen LogP) is 2.60. The number of ether oxygens (including phenoxy) is 1. The van der Waals surface area contributed by atoms with Crippen LogP contribution in [0.3, 0.4) is 0 Å². The zero-order valence-electron chi connectivity index (χ0n) is 11.4. The standard InChI is InChI=1S/C14H13F3N2OSe/c1-13(2)12-11(18-7-19-12)9-4-3-8(5-10(9)21-13)20-6-14(15,16)17/h3-5,7H,6H2,1-2H3,(H,18,19). The second-order valence-electron chi connectivity index (χ2n) is 5.30. The second-order valence-corrected chi connectivity index (χ2v) is 8.79. The Hall–Kier alpha value is -1.46. The molecule has 2 heterocycles. The third-order valence-corrected chi connectivity index (χ3v) is 5.89. The molecule has 0 radical (unpaired) electrons. The maximum atomic E-state index is 12.2. The molecule has 2 aromatic rings. The fourth-order valence-corrected chi connectivity index (χ4v) is 4.96. The Bertz CT molecular complexity index is 679. The van der Waals surface area contributed by atoms with Gasteiger partial charge in [0.2, 0.25) is 0 Å². The van der Waals surface area contributed by atoms with Gasteiger partial charge in [-0.1, -0.05) is 0 Å². The summed E-state index contributed by atoms with van der Waals surface area (Å²) in [6, 6.07) is 5.07. The molecule has 0 saturated carbocycles. The summed E-state index contributed by atoms with van der Waals surface area (Å²) < 4.78 is 42.4. The van der Waals surface area contributed by atoms with Gasteiger partial charge in [0.25, 0.3) is 0 Å². The van der Waals surface area contributed by atoms with Crippen molar-refractivity contribution in [2.24, 2.45) is 0 Å². The Balaban J connectivity index is 1.94. The van der Waals surface area contributed by atoms with E-state index in [2.05, 4.69) is 23.8 Å². The number of aromatic nitrogens is 2. The van der Waals surface area contributed by atoms with Crippen molar-refractivity contribution in [3.05, 3.63) is 30.2 Å². The van der Waals surface area contributed by atoms with Gasteiger partial charge in [0, 0.05) is 0 Å². The van der Waals surface area contributed by atoms with Gasteiger partial charge in [-0.05, 0) is 0 Å². The first-order valence-electron chi connectivity index (χ1n) is 6.33. The predicted molar refractivity (Wildman–Crippen MR) is 74.0 cm³/mol. The number of alkyl halides is 3. The van der Waals surface area contributed by atoms with Crippen molar-refractivity contribution in [1.29, 1.82) is 0 Å². The molecule has 1 aromatic carbocycles. The van der Waals surface area contributed by atoms with Crippen molar-refractivity contribution < 1.29 is 17.9 Å². The summed E-state index contributed by atoms with van der Waals surface area (Å²) in [4.78, 5) is 7.52. The fraction of sp³-hybridized carbons (Fsp3) is 0.357. The summed E-state index contributed by atoms with van der Waals surface area (Å²) in [5.41, 5.74) is 2.94. The third-order valence-electron chi connectivity index (χ3n) is 3.22. The number of hydrogen-bond acceptors (Lipinski definition) is 2. The van der Waals surface area contributed by atoms with Crippen LogP contribution >= 0.6 is 0 Å². The van der Waals surface area contributed by atoms with E-state index in [1.807, 2.05) is 0 Å². The van der Waals surface area contributed by atoms with Crippen LogP contribution in [0.2, 0.25) is 0 Å². The average molecular weight is 361 g/mol. The number of imidazole rings is 1. The van der Waals surface area contributed by atoms with Crippen molar-refractivity contribution in [2.45, 2.75) is 24.3 Å². The molecule has 0 aliphatic carbocycles. The van der Waals surface area contributed by atoms with Gasteiger partial charge in [0.1, 0.15) is 0 Å². The SMILES string of the molecule is CC1(C)[Se]c2cc(OCC(F)(F)F)ccc2-c2nc[nH]c21. The molecular formula is C14H13F3N2OSe. The van der Waals surface area contributed by atoms with Crippen LogP contribution in [0.25, 0.3) is 11.3 Å². The van der Waals surface area contributed by atoms with Crippen LogP contribution in [0.1, 0.15) is 19.5 Å². The molecule has 0 fully saturated rings. The van der Waals surface area contributed by atoms with E-state index in [0.29, 0.717) is 0 Å². The molecule has 1 N–H and O–H groups in total. The van der Waals surface area contributed by atoms with Gasteiger partial charge in [-0.15, -0.1) is 0 Å². The van der Waals surface area contributed by atoms with E-state index < -0.39 is 12.8 Å². The second kappa shape index (κ2) is 4.78. The molecule has 0 atom stereocenters. The minimum absolute atomic E-state index is 0.0749. The summed E-state index contributed by atoms with van der Waals surface area (Å²) in [5.74, 6) is 0.253. The van der Waals surface area contributed by atoms with Crippen molar-refractivity contribution in [2.75, 3.05) is 6.61 Å².